The highest BCUT2D eigenvalue weighted by Crippen LogP contribution is 2.16. The van der Waals surface area contributed by atoms with Crippen LogP contribution in [0, 0.1) is 5.92 Å². The molecule has 0 aliphatic carbocycles. The zero-order valence-electron chi connectivity index (χ0n) is 13.8. The first-order valence-electron chi connectivity index (χ1n) is 8.86. The number of unbranched alkanes of at least 4 members (excludes halogenated alkanes) is 10. The average molecular weight is 412 g/mol. The molecule has 0 amide bonds. The molecular formula is C18H36Br2. The maximum absolute atomic E-state index is 3.67. The summed E-state index contributed by atoms with van der Waals surface area (Å²) >= 11 is 7.18. The molecule has 0 saturated heterocycles. The van der Waals surface area contributed by atoms with Gasteiger partial charge in [-0.2, -0.15) is 0 Å². The number of hydrogen-bond donors (Lipinski definition) is 0. The van der Waals surface area contributed by atoms with E-state index in [1.54, 1.807) is 0 Å². The second-order valence-corrected chi connectivity index (χ2v) is 8.55. The molecule has 0 N–H and O–H groups in total. The SMILES string of the molecule is CC(C)CCCCCCCCCCCCCC(Br)CBr. The molecule has 0 rings (SSSR count). The molecule has 2 heteroatoms. The number of rotatable bonds is 15. The molecule has 0 aliphatic heterocycles. The zero-order chi connectivity index (χ0) is 15.1. The third-order valence-corrected chi connectivity index (χ3v) is 6.40. The molecule has 0 aliphatic rings. The molecular weight excluding hydrogens is 376 g/mol. The van der Waals surface area contributed by atoms with E-state index in [1.807, 2.05) is 0 Å². The lowest BCUT2D eigenvalue weighted by Crippen LogP contribution is -1.97. The van der Waals surface area contributed by atoms with Crippen LogP contribution in [0.15, 0.2) is 0 Å². The van der Waals surface area contributed by atoms with Crippen LogP contribution >= 0.6 is 31.9 Å². The van der Waals surface area contributed by atoms with Crippen molar-refractivity contribution in [3.05, 3.63) is 0 Å². The van der Waals surface area contributed by atoms with Gasteiger partial charge >= 0.3 is 0 Å². The fraction of sp³-hybridized carbons (Fsp3) is 1.00. The minimum absolute atomic E-state index is 0.679. The van der Waals surface area contributed by atoms with Crippen LogP contribution in [0.25, 0.3) is 0 Å². The highest BCUT2D eigenvalue weighted by atomic mass is 79.9. The van der Waals surface area contributed by atoms with Crippen molar-refractivity contribution in [1.82, 2.24) is 0 Å². The van der Waals surface area contributed by atoms with Crippen LogP contribution < -0.4 is 0 Å². The molecule has 1 atom stereocenters. The van der Waals surface area contributed by atoms with Crippen LogP contribution in [0.1, 0.15) is 97.3 Å². The summed E-state index contributed by atoms with van der Waals surface area (Å²) in [6.45, 7) is 4.66. The Bertz CT molecular complexity index is 180. The quantitative estimate of drug-likeness (QED) is 0.190. The topological polar surface area (TPSA) is 0 Å². The van der Waals surface area contributed by atoms with E-state index in [-0.39, 0.29) is 0 Å². The van der Waals surface area contributed by atoms with E-state index in [1.165, 1.54) is 83.5 Å². The van der Waals surface area contributed by atoms with Crippen molar-refractivity contribution >= 4 is 31.9 Å². The van der Waals surface area contributed by atoms with Gasteiger partial charge in [-0.25, -0.2) is 0 Å². The van der Waals surface area contributed by atoms with Gasteiger partial charge in [-0.3, -0.25) is 0 Å². The lowest BCUT2D eigenvalue weighted by atomic mass is 10.0. The van der Waals surface area contributed by atoms with E-state index < -0.39 is 0 Å². The van der Waals surface area contributed by atoms with E-state index in [9.17, 15) is 0 Å². The van der Waals surface area contributed by atoms with Gasteiger partial charge in [0.05, 0.1) is 0 Å². The van der Waals surface area contributed by atoms with Crippen molar-refractivity contribution in [2.75, 3.05) is 5.33 Å². The number of hydrogen-bond acceptors (Lipinski definition) is 0. The lowest BCUT2D eigenvalue weighted by Gasteiger charge is -2.06. The van der Waals surface area contributed by atoms with Gasteiger partial charge in [-0.05, 0) is 12.3 Å². The minimum Gasteiger partial charge on any atom is -0.0916 e. The van der Waals surface area contributed by atoms with Gasteiger partial charge in [0.2, 0.25) is 0 Å². The van der Waals surface area contributed by atoms with Gasteiger partial charge in [0.15, 0.2) is 0 Å². The fourth-order valence-corrected chi connectivity index (χ4v) is 3.23. The van der Waals surface area contributed by atoms with Gasteiger partial charge in [-0.1, -0.05) is 123 Å². The molecule has 0 aromatic carbocycles. The van der Waals surface area contributed by atoms with Gasteiger partial charge in [0.25, 0.3) is 0 Å². The lowest BCUT2D eigenvalue weighted by molar-refractivity contribution is 0.503. The third-order valence-electron chi connectivity index (χ3n) is 3.97. The van der Waals surface area contributed by atoms with E-state index in [0.717, 1.165) is 11.2 Å². The second kappa shape index (κ2) is 16.3. The van der Waals surface area contributed by atoms with Gasteiger partial charge in [0, 0.05) is 10.2 Å². The molecule has 1 unspecified atom stereocenters. The zero-order valence-corrected chi connectivity index (χ0v) is 17.0. The molecule has 0 bridgehead atoms. The molecule has 0 spiro atoms. The number of alkyl halides is 2. The Balaban J connectivity index is 2.99. The van der Waals surface area contributed by atoms with Crippen LogP contribution in [0.2, 0.25) is 0 Å². The highest BCUT2D eigenvalue weighted by Gasteiger charge is 2.00. The summed E-state index contributed by atoms with van der Waals surface area (Å²) in [6, 6.07) is 0. The normalized spacial score (nSPS) is 13.1. The van der Waals surface area contributed by atoms with Gasteiger partial charge in [0.1, 0.15) is 0 Å². The van der Waals surface area contributed by atoms with Crippen LogP contribution in [0.4, 0.5) is 0 Å². The van der Waals surface area contributed by atoms with E-state index in [4.69, 9.17) is 0 Å². The van der Waals surface area contributed by atoms with Crippen LogP contribution in [0.3, 0.4) is 0 Å². The Labute approximate surface area is 145 Å². The van der Waals surface area contributed by atoms with Crippen molar-refractivity contribution < 1.29 is 0 Å². The maximum Gasteiger partial charge on any atom is 0.0242 e. The monoisotopic (exact) mass is 410 g/mol. The molecule has 0 saturated carbocycles. The van der Waals surface area contributed by atoms with E-state index in [0.29, 0.717) is 4.83 Å². The summed E-state index contributed by atoms with van der Waals surface area (Å²) in [5.74, 6) is 0.893. The Morgan fingerprint density at radius 3 is 1.30 bits per heavy atom. The largest absolute Gasteiger partial charge is 0.0916 e. The van der Waals surface area contributed by atoms with Crippen molar-refractivity contribution in [2.24, 2.45) is 5.92 Å². The first-order chi connectivity index (χ1) is 9.66. The minimum atomic E-state index is 0.679. The first kappa shape index (κ1) is 21.0. The predicted molar refractivity (Wildman–Crippen MR) is 101 cm³/mol. The van der Waals surface area contributed by atoms with E-state index in [2.05, 4.69) is 45.7 Å². The number of halogens is 2. The molecule has 0 aromatic heterocycles. The van der Waals surface area contributed by atoms with Gasteiger partial charge < -0.3 is 0 Å². The molecule has 0 nitrogen and oxygen atoms in total. The van der Waals surface area contributed by atoms with Gasteiger partial charge in [-0.15, -0.1) is 0 Å². The van der Waals surface area contributed by atoms with Crippen molar-refractivity contribution in [3.63, 3.8) is 0 Å². The Hall–Kier alpha value is 0.960. The summed E-state index contributed by atoms with van der Waals surface area (Å²) in [6.07, 6.45) is 18.7. The Kier molecular flexibility index (Phi) is 17.1. The van der Waals surface area contributed by atoms with Crippen LogP contribution in [-0.2, 0) is 0 Å². The van der Waals surface area contributed by atoms with Crippen molar-refractivity contribution in [2.45, 2.75) is 102 Å². The van der Waals surface area contributed by atoms with Crippen LogP contribution in [0.5, 0.6) is 0 Å². The summed E-state index contributed by atoms with van der Waals surface area (Å²) < 4.78 is 0. The predicted octanol–water partition coefficient (Wildman–Crippen LogP) is 7.87. The molecule has 122 valence electrons. The summed E-state index contributed by atoms with van der Waals surface area (Å²) in [4.78, 5) is 0.679. The summed E-state index contributed by atoms with van der Waals surface area (Å²) in [5, 5.41) is 1.09. The molecule has 0 fully saturated rings. The summed E-state index contributed by atoms with van der Waals surface area (Å²) in [5.41, 5.74) is 0. The first-order valence-corrected chi connectivity index (χ1v) is 10.9. The maximum atomic E-state index is 3.67. The fourth-order valence-electron chi connectivity index (χ4n) is 2.59. The van der Waals surface area contributed by atoms with E-state index >= 15 is 0 Å². The molecule has 0 aromatic rings. The average Bonchev–Trinajstić information content (AvgIpc) is 2.43. The summed E-state index contributed by atoms with van der Waals surface area (Å²) in [7, 11) is 0. The third kappa shape index (κ3) is 17.0. The Morgan fingerprint density at radius 1 is 0.600 bits per heavy atom. The second-order valence-electron chi connectivity index (χ2n) is 6.61. The highest BCUT2D eigenvalue weighted by molar-refractivity contribution is 9.12. The molecule has 20 heavy (non-hydrogen) atoms. The molecule has 0 radical (unpaired) electrons. The molecule has 0 heterocycles. The Morgan fingerprint density at radius 2 is 0.950 bits per heavy atom. The standard InChI is InChI=1S/C18H36Br2/c1-17(2)14-12-10-8-6-4-3-5-7-9-11-13-15-18(20)16-19/h17-18H,3-16H2,1-2H3. The van der Waals surface area contributed by atoms with Crippen molar-refractivity contribution in [1.29, 1.82) is 0 Å². The smallest absolute Gasteiger partial charge is 0.0242 e. The van der Waals surface area contributed by atoms with Crippen molar-refractivity contribution in [3.8, 4) is 0 Å². The van der Waals surface area contributed by atoms with Crippen LogP contribution in [-0.4, -0.2) is 10.2 Å².